The lowest BCUT2D eigenvalue weighted by Gasteiger charge is -2.22. The Bertz CT molecular complexity index is 603. The number of benzene rings is 1. The third-order valence-corrected chi connectivity index (χ3v) is 4.35. The van der Waals surface area contributed by atoms with E-state index in [-0.39, 0.29) is 0 Å². The highest BCUT2D eigenvalue weighted by atomic mass is 14.9. The van der Waals surface area contributed by atoms with Gasteiger partial charge in [-0.3, -0.25) is 4.98 Å². The van der Waals surface area contributed by atoms with Crippen molar-refractivity contribution in [2.75, 3.05) is 6.54 Å². The second-order valence-electron chi connectivity index (χ2n) is 6.49. The van der Waals surface area contributed by atoms with E-state index in [9.17, 15) is 0 Å². The minimum Gasteiger partial charge on any atom is -0.313 e. The highest BCUT2D eigenvalue weighted by Gasteiger charge is 2.28. The van der Waals surface area contributed by atoms with Crippen molar-refractivity contribution in [3.8, 4) is 0 Å². The van der Waals surface area contributed by atoms with Crippen molar-refractivity contribution in [1.29, 1.82) is 0 Å². The molecule has 20 heavy (non-hydrogen) atoms. The Morgan fingerprint density at radius 2 is 2.10 bits per heavy atom. The molecule has 2 nitrogen and oxygen atoms in total. The molecule has 0 saturated carbocycles. The van der Waals surface area contributed by atoms with Gasteiger partial charge in [-0.15, -0.1) is 0 Å². The predicted octanol–water partition coefficient (Wildman–Crippen LogP) is 4.03. The molecular weight excluding hydrogens is 244 g/mol. The van der Waals surface area contributed by atoms with Crippen LogP contribution in [0.3, 0.4) is 0 Å². The summed E-state index contributed by atoms with van der Waals surface area (Å²) in [6, 6.07) is 11.7. The topological polar surface area (TPSA) is 24.9 Å². The van der Waals surface area contributed by atoms with Gasteiger partial charge in [-0.1, -0.05) is 26.0 Å². The predicted molar refractivity (Wildman–Crippen MR) is 85.1 cm³/mol. The monoisotopic (exact) mass is 268 g/mol. The molecule has 0 amide bonds. The van der Waals surface area contributed by atoms with Gasteiger partial charge >= 0.3 is 0 Å². The maximum absolute atomic E-state index is 4.60. The molecule has 2 heterocycles. The molecule has 1 aliphatic heterocycles. The first-order chi connectivity index (χ1) is 9.63. The van der Waals surface area contributed by atoms with Gasteiger partial charge in [0.15, 0.2) is 0 Å². The summed E-state index contributed by atoms with van der Waals surface area (Å²) in [6.45, 7) is 7.81. The maximum atomic E-state index is 4.60. The van der Waals surface area contributed by atoms with Crippen LogP contribution in [-0.2, 0) is 0 Å². The summed E-state index contributed by atoms with van der Waals surface area (Å²) in [5.41, 5.74) is 3.67. The first-order valence-electron chi connectivity index (χ1n) is 7.74. The standard InChI is InChI=1S/C18H24N2/c1-12(2)10-18-16(8-9-19-18)14-6-7-17-15(11-14)5-4-13(3)20-17/h4-7,11-12,16,18-19H,8-10H2,1-3H3. The fraction of sp³-hybridized carbons (Fsp3) is 0.500. The third-order valence-electron chi connectivity index (χ3n) is 4.35. The summed E-state index contributed by atoms with van der Waals surface area (Å²) in [7, 11) is 0. The van der Waals surface area contributed by atoms with Crippen molar-refractivity contribution < 1.29 is 0 Å². The van der Waals surface area contributed by atoms with Crippen LogP contribution in [0.5, 0.6) is 0 Å². The molecule has 0 radical (unpaired) electrons. The summed E-state index contributed by atoms with van der Waals surface area (Å²) >= 11 is 0. The molecule has 1 aliphatic rings. The van der Waals surface area contributed by atoms with Crippen molar-refractivity contribution in [2.45, 2.75) is 45.6 Å². The van der Waals surface area contributed by atoms with Crippen LogP contribution < -0.4 is 5.32 Å². The van der Waals surface area contributed by atoms with Crippen molar-refractivity contribution in [1.82, 2.24) is 10.3 Å². The quantitative estimate of drug-likeness (QED) is 0.909. The summed E-state index contributed by atoms with van der Waals surface area (Å²) < 4.78 is 0. The van der Waals surface area contributed by atoms with E-state index in [1.807, 2.05) is 6.92 Å². The van der Waals surface area contributed by atoms with Gasteiger partial charge in [-0.25, -0.2) is 0 Å². The Morgan fingerprint density at radius 3 is 2.90 bits per heavy atom. The number of hydrogen-bond acceptors (Lipinski definition) is 2. The smallest absolute Gasteiger partial charge is 0.0705 e. The van der Waals surface area contributed by atoms with Crippen molar-refractivity contribution >= 4 is 10.9 Å². The zero-order chi connectivity index (χ0) is 14.1. The summed E-state index contributed by atoms with van der Waals surface area (Å²) in [5, 5.41) is 4.94. The zero-order valence-electron chi connectivity index (χ0n) is 12.7. The highest BCUT2D eigenvalue weighted by molar-refractivity contribution is 5.79. The average molecular weight is 268 g/mol. The second kappa shape index (κ2) is 5.53. The molecule has 106 valence electrons. The van der Waals surface area contributed by atoms with Gasteiger partial charge in [0.25, 0.3) is 0 Å². The van der Waals surface area contributed by atoms with E-state index in [1.54, 1.807) is 0 Å². The van der Waals surface area contributed by atoms with Crippen LogP contribution >= 0.6 is 0 Å². The van der Waals surface area contributed by atoms with Crippen LogP contribution in [0.15, 0.2) is 30.3 Å². The number of pyridine rings is 1. The van der Waals surface area contributed by atoms with Gasteiger partial charge in [0.2, 0.25) is 0 Å². The van der Waals surface area contributed by atoms with Crippen molar-refractivity contribution in [3.63, 3.8) is 0 Å². The molecule has 3 rings (SSSR count). The highest BCUT2D eigenvalue weighted by Crippen LogP contribution is 2.32. The molecular formula is C18H24N2. The molecule has 2 unspecified atom stereocenters. The molecule has 0 aliphatic carbocycles. The summed E-state index contributed by atoms with van der Waals surface area (Å²) in [6.07, 6.45) is 2.51. The number of aryl methyl sites for hydroxylation is 1. The van der Waals surface area contributed by atoms with E-state index < -0.39 is 0 Å². The van der Waals surface area contributed by atoms with Crippen molar-refractivity contribution in [3.05, 3.63) is 41.6 Å². The fourth-order valence-corrected chi connectivity index (χ4v) is 3.40. The van der Waals surface area contributed by atoms with Crippen LogP contribution in [0.1, 0.15) is 43.9 Å². The molecule has 1 fully saturated rings. The van der Waals surface area contributed by atoms with Gasteiger partial charge < -0.3 is 5.32 Å². The molecule has 2 atom stereocenters. The van der Waals surface area contributed by atoms with E-state index in [4.69, 9.17) is 0 Å². The number of nitrogens with one attached hydrogen (secondary N) is 1. The number of nitrogens with zero attached hydrogens (tertiary/aromatic N) is 1. The Balaban J connectivity index is 1.91. The first-order valence-corrected chi connectivity index (χ1v) is 7.74. The maximum Gasteiger partial charge on any atom is 0.0705 e. The van der Waals surface area contributed by atoms with Gasteiger partial charge in [-0.2, -0.15) is 0 Å². The Morgan fingerprint density at radius 1 is 1.25 bits per heavy atom. The average Bonchev–Trinajstić information content (AvgIpc) is 2.85. The van der Waals surface area contributed by atoms with E-state index >= 15 is 0 Å². The van der Waals surface area contributed by atoms with Crippen molar-refractivity contribution in [2.24, 2.45) is 5.92 Å². The second-order valence-corrected chi connectivity index (χ2v) is 6.49. The van der Waals surface area contributed by atoms with Gasteiger partial charge in [0, 0.05) is 23.0 Å². The minimum absolute atomic E-state index is 0.630. The minimum atomic E-state index is 0.630. The number of aromatic nitrogens is 1. The Hall–Kier alpha value is -1.41. The van der Waals surface area contributed by atoms with Crippen LogP contribution in [0.2, 0.25) is 0 Å². The fourth-order valence-electron chi connectivity index (χ4n) is 3.40. The number of rotatable bonds is 3. The SMILES string of the molecule is Cc1ccc2cc(C3CCNC3CC(C)C)ccc2n1. The van der Waals surface area contributed by atoms with Gasteiger partial charge in [0.1, 0.15) is 0 Å². The third kappa shape index (κ3) is 2.71. The van der Waals surface area contributed by atoms with Gasteiger partial charge in [-0.05, 0) is 56.0 Å². The lowest BCUT2D eigenvalue weighted by Crippen LogP contribution is -2.27. The van der Waals surface area contributed by atoms with Crippen LogP contribution in [-0.4, -0.2) is 17.6 Å². The lowest BCUT2D eigenvalue weighted by atomic mass is 9.87. The molecule has 1 saturated heterocycles. The van der Waals surface area contributed by atoms with E-state index in [0.29, 0.717) is 12.0 Å². The number of fused-ring (bicyclic) bond motifs is 1. The van der Waals surface area contributed by atoms with Crippen LogP contribution in [0.4, 0.5) is 0 Å². The largest absolute Gasteiger partial charge is 0.313 e. The van der Waals surface area contributed by atoms with Gasteiger partial charge in [0.05, 0.1) is 5.52 Å². The van der Waals surface area contributed by atoms with E-state index in [2.05, 4.69) is 54.5 Å². The lowest BCUT2D eigenvalue weighted by molar-refractivity contribution is 0.434. The zero-order valence-corrected chi connectivity index (χ0v) is 12.7. The molecule has 2 aromatic rings. The van der Waals surface area contributed by atoms with Crippen LogP contribution in [0.25, 0.3) is 10.9 Å². The molecule has 1 aromatic carbocycles. The molecule has 0 bridgehead atoms. The Kier molecular flexibility index (Phi) is 3.75. The molecule has 1 aromatic heterocycles. The summed E-state index contributed by atoms with van der Waals surface area (Å²) in [4.78, 5) is 4.60. The van der Waals surface area contributed by atoms with E-state index in [0.717, 1.165) is 23.7 Å². The van der Waals surface area contributed by atoms with Crippen LogP contribution in [0, 0.1) is 12.8 Å². The van der Waals surface area contributed by atoms with E-state index in [1.165, 1.54) is 23.8 Å². The summed E-state index contributed by atoms with van der Waals surface area (Å²) in [5.74, 6) is 1.40. The first kappa shape index (κ1) is 13.6. The normalized spacial score (nSPS) is 22.8. The Labute approximate surface area is 121 Å². The molecule has 0 spiro atoms. The molecule has 1 N–H and O–H groups in total. The molecule has 2 heteroatoms. The number of hydrogen-bond donors (Lipinski definition) is 1.